The summed E-state index contributed by atoms with van der Waals surface area (Å²) in [6, 6.07) is 12.8. The van der Waals surface area contributed by atoms with Crippen molar-refractivity contribution in [1.82, 2.24) is 14.5 Å². The first-order valence-corrected chi connectivity index (χ1v) is 10.9. The Morgan fingerprint density at radius 3 is 2.52 bits per heavy atom. The van der Waals surface area contributed by atoms with Crippen LogP contribution >= 0.6 is 0 Å². The van der Waals surface area contributed by atoms with Crippen molar-refractivity contribution >= 4 is 27.8 Å². The second kappa shape index (κ2) is 9.00. The summed E-state index contributed by atoms with van der Waals surface area (Å²) in [6.45, 7) is 5.23. The van der Waals surface area contributed by atoms with Gasteiger partial charge in [0, 0.05) is 18.8 Å². The van der Waals surface area contributed by atoms with Crippen molar-refractivity contribution < 1.29 is 17.9 Å². The third-order valence-corrected chi connectivity index (χ3v) is 5.75. The van der Waals surface area contributed by atoms with E-state index in [2.05, 4.69) is 10.1 Å². The Kier molecular flexibility index (Phi) is 6.40. The van der Waals surface area contributed by atoms with Crippen LogP contribution in [0.15, 0.2) is 63.2 Å². The predicted molar refractivity (Wildman–Crippen MR) is 117 cm³/mol. The number of nitrogens with one attached hydrogen (secondary N) is 2. The summed E-state index contributed by atoms with van der Waals surface area (Å²) in [5.41, 5.74) is 1.65. The summed E-state index contributed by atoms with van der Waals surface area (Å²) >= 11 is 0. The van der Waals surface area contributed by atoms with Crippen LogP contribution in [0.4, 0.5) is 5.69 Å². The maximum Gasteiger partial charge on any atom is 0.280 e. The highest BCUT2D eigenvalue weighted by Gasteiger charge is 2.16. The molecular weight excluding hydrogens is 420 g/mol. The number of carbonyl (C=O) groups excluding carboxylic acids is 1. The largest absolute Gasteiger partial charge is 0.492 e. The van der Waals surface area contributed by atoms with E-state index in [-0.39, 0.29) is 10.5 Å². The number of benzene rings is 2. The zero-order valence-electron chi connectivity index (χ0n) is 17.2. The number of aryl methyl sites for hydroxylation is 1. The first-order valence-electron chi connectivity index (χ1n) is 9.44. The molecule has 3 rings (SSSR count). The van der Waals surface area contributed by atoms with Gasteiger partial charge in [0.2, 0.25) is 5.91 Å². The Bertz CT molecular complexity index is 1290. The van der Waals surface area contributed by atoms with E-state index in [0.29, 0.717) is 35.0 Å². The number of carbonyl (C=O) groups is 1. The number of aromatic nitrogens is 2. The molecule has 0 saturated carbocycles. The van der Waals surface area contributed by atoms with Gasteiger partial charge < -0.3 is 4.74 Å². The predicted octanol–water partition coefficient (Wildman–Crippen LogP) is 2.45. The van der Waals surface area contributed by atoms with Gasteiger partial charge in [-0.2, -0.15) is 0 Å². The summed E-state index contributed by atoms with van der Waals surface area (Å²) in [7, 11) is -3.95. The van der Waals surface area contributed by atoms with E-state index < -0.39 is 15.9 Å². The van der Waals surface area contributed by atoms with Crippen LogP contribution in [0, 0.1) is 6.92 Å². The molecule has 2 aromatic carbocycles. The molecule has 9 nitrogen and oxygen atoms in total. The van der Waals surface area contributed by atoms with Gasteiger partial charge >= 0.3 is 0 Å². The fourth-order valence-electron chi connectivity index (χ4n) is 2.89. The molecule has 1 amide bonds. The van der Waals surface area contributed by atoms with Gasteiger partial charge in [-0.1, -0.05) is 12.1 Å². The number of nitrogens with zero attached hydrogens (tertiary/aromatic N) is 2. The van der Waals surface area contributed by atoms with Gasteiger partial charge in [0.15, 0.2) is 0 Å². The molecule has 3 aromatic rings. The minimum Gasteiger partial charge on any atom is -0.492 e. The van der Waals surface area contributed by atoms with Gasteiger partial charge in [-0.3, -0.25) is 19.7 Å². The molecule has 0 spiro atoms. The second-order valence-corrected chi connectivity index (χ2v) is 8.29. The molecule has 0 aliphatic carbocycles. The van der Waals surface area contributed by atoms with E-state index in [1.54, 1.807) is 19.1 Å². The van der Waals surface area contributed by atoms with E-state index in [4.69, 9.17) is 4.74 Å². The lowest BCUT2D eigenvalue weighted by atomic mass is 10.2. The lowest BCUT2D eigenvalue weighted by molar-refractivity contribution is -0.117. The number of sulfonamides is 1. The smallest absolute Gasteiger partial charge is 0.280 e. The highest BCUT2D eigenvalue weighted by Crippen LogP contribution is 2.26. The number of hydrogen-bond donors (Lipinski definition) is 2. The molecular formula is C21H22N4O5S. The summed E-state index contributed by atoms with van der Waals surface area (Å²) in [6.07, 6.45) is 1.47. The molecule has 0 bridgehead atoms. The number of rotatable bonds is 7. The van der Waals surface area contributed by atoms with Gasteiger partial charge in [0.05, 0.1) is 22.8 Å². The molecule has 0 unspecified atom stereocenters. The molecule has 10 heteroatoms. The number of hydrogen-bond acceptors (Lipinski definition) is 6. The van der Waals surface area contributed by atoms with Crippen molar-refractivity contribution in [3.8, 4) is 11.4 Å². The van der Waals surface area contributed by atoms with Crippen LogP contribution in [0.1, 0.15) is 25.1 Å². The highest BCUT2D eigenvalue weighted by atomic mass is 32.2. The molecule has 0 fully saturated rings. The molecule has 1 aromatic heterocycles. The first kappa shape index (κ1) is 22.0. The summed E-state index contributed by atoms with van der Waals surface area (Å²) in [5.74, 6) is -0.0686. The maximum atomic E-state index is 12.9. The molecule has 0 aliphatic rings. The van der Waals surface area contributed by atoms with E-state index in [1.807, 2.05) is 23.8 Å². The Labute approximate surface area is 179 Å². The number of ether oxygens (including phenoxy) is 1. The third-order valence-electron chi connectivity index (χ3n) is 4.30. The van der Waals surface area contributed by atoms with Crippen molar-refractivity contribution in [2.24, 2.45) is 4.99 Å². The van der Waals surface area contributed by atoms with Crippen LogP contribution in [-0.4, -0.2) is 36.9 Å². The number of para-hydroxylation sites is 2. The van der Waals surface area contributed by atoms with Crippen molar-refractivity contribution in [1.29, 1.82) is 0 Å². The number of aromatic amines is 1. The van der Waals surface area contributed by atoms with E-state index in [9.17, 15) is 18.0 Å². The summed E-state index contributed by atoms with van der Waals surface area (Å²) in [5, 5.41) is 2.96. The molecule has 1 heterocycles. The van der Waals surface area contributed by atoms with Crippen LogP contribution in [0.25, 0.3) is 5.69 Å². The fourth-order valence-corrected chi connectivity index (χ4v) is 3.88. The zero-order valence-corrected chi connectivity index (χ0v) is 18.1. The Balaban J connectivity index is 1.92. The van der Waals surface area contributed by atoms with Gasteiger partial charge in [0.25, 0.3) is 15.6 Å². The summed E-state index contributed by atoms with van der Waals surface area (Å²) < 4.78 is 32.9. The number of aliphatic imine (C=N–C) groups is 1. The third kappa shape index (κ3) is 4.92. The van der Waals surface area contributed by atoms with Gasteiger partial charge in [0.1, 0.15) is 11.4 Å². The molecule has 0 radical (unpaired) electrons. The van der Waals surface area contributed by atoms with Gasteiger partial charge in [-0.25, -0.2) is 17.8 Å². The second-order valence-electron chi connectivity index (χ2n) is 6.61. The molecule has 0 atom stereocenters. The monoisotopic (exact) mass is 442 g/mol. The van der Waals surface area contributed by atoms with Gasteiger partial charge in [-0.05, 0) is 50.2 Å². The Morgan fingerprint density at radius 1 is 1.19 bits per heavy atom. The summed E-state index contributed by atoms with van der Waals surface area (Å²) in [4.78, 5) is 28.3. The average Bonchev–Trinajstić information content (AvgIpc) is 3.00. The quantitative estimate of drug-likeness (QED) is 0.544. The number of H-pyrrole nitrogens is 1. The lowest BCUT2D eigenvalue weighted by Crippen LogP contribution is -2.28. The Morgan fingerprint density at radius 2 is 1.87 bits per heavy atom. The SMILES string of the molecule is CCOc1ccccc1N=Cc1c(C)[nH]n(-c2ccc(S(=O)(=O)NC(C)=O)cc2)c1=O. The van der Waals surface area contributed by atoms with Crippen molar-refractivity contribution in [2.75, 3.05) is 6.61 Å². The lowest BCUT2D eigenvalue weighted by Gasteiger charge is -2.06. The minimum absolute atomic E-state index is 0.0860. The van der Waals surface area contributed by atoms with Crippen LogP contribution in [0.3, 0.4) is 0 Å². The van der Waals surface area contributed by atoms with Crippen molar-refractivity contribution in [3.63, 3.8) is 0 Å². The molecule has 31 heavy (non-hydrogen) atoms. The topological polar surface area (TPSA) is 123 Å². The minimum atomic E-state index is -3.95. The average molecular weight is 442 g/mol. The van der Waals surface area contributed by atoms with E-state index in [1.165, 1.54) is 35.2 Å². The molecule has 0 aliphatic heterocycles. The molecule has 2 N–H and O–H groups in total. The van der Waals surface area contributed by atoms with E-state index in [0.717, 1.165) is 6.92 Å². The van der Waals surface area contributed by atoms with Crippen LogP contribution in [0.5, 0.6) is 5.75 Å². The Hall–Kier alpha value is -3.66. The normalized spacial score (nSPS) is 11.6. The fraction of sp³-hybridized carbons (Fsp3) is 0.190. The van der Waals surface area contributed by atoms with Crippen LogP contribution in [-0.2, 0) is 14.8 Å². The zero-order chi connectivity index (χ0) is 22.6. The van der Waals surface area contributed by atoms with E-state index >= 15 is 0 Å². The first-order chi connectivity index (χ1) is 14.7. The maximum absolute atomic E-state index is 12.9. The van der Waals surface area contributed by atoms with Gasteiger partial charge in [-0.15, -0.1) is 0 Å². The van der Waals surface area contributed by atoms with Crippen LogP contribution < -0.4 is 15.0 Å². The van der Waals surface area contributed by atoms with Crippen molar-refractivity contribution in [2.45, 2.75) is 25.7 Å². The molecule has 0 saturated heterocycles. The number of amides is 1. The molecule has 162 valence electrons. The standard InChI is InChI=1S/C21H22N4O5S/c1-4-30-20-8-6-5-7-19(20)22-13-18-14(2)23-25(21(18)27)16-9-11-17(12-10-16)31(28,29)24-15(3)26/h5-13,23H,4H2,1-3H3,(H,24,26). The van der Waals surface area contributed by atoms with Crippen LogP contribution in [0.2, 0.25) is 0 Å². The highest BCUT2D eigenvalue weighted by molar-refractivity contribution is 7.90. The van der Waals surface area contributed by atoms with Crippen molar-refractivity contribution in [3.05, 3.63) is 70.1 Å².